The molecule has 0 saturated carbocycles. The van der Waals surface area contributed by atoms with Gasteiger partial charge in [0.1, 0.15) is 37.9 Å². The van der Waals surface area contributed by atoms with Crippen LogP contribution < -0.4 is 33.2 Å². The number of Topliss-reactive ketones (excluding diaryl/α,β-unsaturated/α-hetero) is 2. The summed E-state index contributed by atoms with van der Waals surface area (Å²) in [6.07, 6.45) is -0.996. The molecular formula is C46H52N8O11. The van der Waals surface area contributed by atoms with Gasteiger partial charge in [0.05, 0.1) is 23.4 Å². The fourth-order valence-electron chi connectivity index (χ4n) is 8.86. The number of benzene rings is 3. The molecule has 3 aliphatic heterocycles. The minimum Gasteiger partial charge on any atom is -0.449 e. The summed E-state index contributed by atoms with van der Waals surface area (Å²) in [6, 6.07) is 21.7. The molecule has 9 N–H and O–H groups in total. The molecule has 6 atom stereocenters. The summed E-state index contributed by atoms with van der Waals surface area (Å²) in [7, 11) is 1.38. The van der Waals surface area contributed by atoms with Crippen LogP contribution in [-0.2, 0) is 57.8 Å². The van der Waals surface area contributed by atoms with Crippen molar-refractivity contribution in [1.29, 1.82) is 0 Å². The number of unbranched alkanes of at least 4 members (excludes halogenated alkanes) is 1. The summed E-state index contributed by atoms with van der Waals surface area (Å²) in [5, 5.41) is 8.33. The number of nitrogens with zero attached hydrogens (tertiary/aromatic N) is 2. The number of carbonyl (C=O) groups is 7. The van der Waals surface area contributed by atoms with Crippen molar-refractivity contribution >= 4 is 47.3 Å². The topological polar surface area (TPSA) is 277 Å². The molecule has 3 aromatic carbocycles. The Morgan fingerprint density at radius 3 is 2.09 bits per heavy atom. The number of nitrogens with two attached hydrogens (primary N) is 3. The lowest BCUT2D eigenvalue weighted by atomic mass is 9.82. The van der Waals surface area contributed by atoms with Gasteiger partial charge in [0.15, 0.2) is 5.72 Å². The van der Waals surface area contributed by atoms with E-state index < -0.39 is 84.1 Å². The van der Waals surface area contributed by atoms with E-state index in [9.17, 15) is 33.6 Å². The molecule has 65 heavy (non-hydrogen) atoms. The number of allylic oxidation sites excluding steroid dienone is 2. The third kappa shape index (κ3) is 9.51. The van der Waals surface area contributed by atoms with Gasteiger partial charge in [0.2, 0.25) is 23.4 Å². The predicted octanol–water partition coefficient (Wildman–Crippen LogP) is 2.49. The Balaban J connectivity index is 0.969. The van der Waals surface area contributed by atoms with Crippen LogP contribution in [-0.4, -0.2) is 108 Å². The quantitative estimate of drug-likeness (QED) is 0.0464. The molecule has 0 aromatic heterocycles. The van der Waals surface area contributed by atoms with Crippen molar-refractivity contribution in [2.75, 3.05) is 32.1 Å². The first-order chi connectivity index (χ1) is 31.3. The second-order valence-electron chi connectivity index (χ2n) is 16.2. The monoisotopic (exact) mass is 892 g/mol. The zero-order valence-corrected chi connectivity index (χ0v) is 36.0. The van der Waals surface area contributed by atoms with Crippen molar-refractivity contribution in [1.82, 2.24) is 20.4 Å². The van der Waals surface area contributed by atoms with Crippen molar-refractivity contribution in [2.45, 2.75) is 75.7 Å². The highest BCUT2D eigenvalue weighted by atomic mass is 16.6. The van der Waals surface area contributed by atoms with E-state index in [0.29, 0.717) is 30.6 Å². The number of amides is 5. The molecule has 19 nitrogen and oxygen atoms in total. The molecule has 3 heterocycles. The van der Waals surface area contributed by atoms with Gasteiger partial charge in [-0.1, -0.05) is 72.8 Å². The van der Waals surface area contributed by atoms with Crippen molar-refractivity contribution in [2.24, 2.45) is 23.1 Å². The van der Waals surface area contributed by atoms with Gasteiger partial charge in [0.25, 0.3) is 0 Å². The second-order valence-corrected chi connectivity index (χ2v) is 16.2. The zero-order valence-electron chi connectivity index (χ0n) is 36.0. The first kappa shape index (κ1) is 45.8. The largest absolute Gasteiger partial charge is 0.449 e. The number of rotatable bonds is 18. The highest BCUT2D eigenvalue weighted by Gasteiger charge is 2.78. The van der Waals surface area contributed by atoms with Crippen molar-refractivity contribution in [3.05, 3.63) is 124 Å². The summed E-state index contributed by atoms with van der Waals surface area (Å²) in [6.45, 7) is 1.45. The second kappa shape index (κ2) is 19.6. The third-order valence-corrected chi connectivity index (χ3v) is 12.2. The maximum absolute atomic E-state index is 13.8. The zero-order chi connectivity index (χ0) is 46.4. The fourth-order valence-corrected chi connectivity index (χ4v) is 8.86. The highest BCUT2D eigenvalue weighted by molar-refractivity contribution is 6.25. The first-order valence-electron chi connectivity index (χ1n) is 21.2. The number of piperazine rings is 1. The molecule has 5 amide bonds. The number of nitrogens with one attached hydrogen (secondary N) is 3. The molecular weight excluding hydrogens is 841 g/mol. The van der Waals surface area contributed by atoms with Crippen molar-refractivity contribution in [3.8, 4) is 0 Å². The number of ketones is 2. The minimum absolute atomic E-state index is 0.00428. The summed E-state index contributed by atoms with van der Waals surface area (Å²) >= 11 is 0. The Morgan fingerprint density at radius 1 is 0.800 bits per heavy atom. The molecule has 2 unspecified atom stereocenters. The SMILES string of the molecule is CO[C@]12[C@@H](COC(N)=O)C3=C(C(=O)C(C)=C(N)C3=O)N1C[C@@H]1[C@H]2N1C(=O)OCc1ccc(NC(=O)C(CCCCN)NC(=O)C(Cc2ccccc2)NC(=O)OCc2ccccc2)cc1. The molecule has 1 aliphatic carbocycles. The number of hydrogen-bond donors (Lipinski definition) is 6. The van der Waals surface area contributed by atoms with E-state index in [4.69, 9.17) is 36.1 Å². The molecule has 19 heteroatoms. The molecule has 2 saturated heterocycles. The molecule has 4 aliphatic rings. The standard InChI is InChI=1S/C46H52N8O11/c1-26-36(48)39(56)35-31(25-63-43(49)59)46(62-2)40-34(22-53(46)37(35)38(26)55)54(40)45(61)65-24-29-16-18-30(19-17-29)50-41(57)32(15-9-10-20-47)51-42(58)33(21-27-11-5-3-6-12-27)52-44(60)64-23-28-13-7-4-8-14-28/h3-8,11-14,16-19,31-34,40H,9-10,15,20-25,47-48H2,1-2H3,(H2,49,59)(H,50,57)(H,51,58)(H,52,60)/t31-,32?,33?,34+,40+,46-,54?/m0/s1. The molecule has 0 spiro atoms. The van der Waals surface area contributed by atoms with Crippen LogP contribution in [0, 0.1) is 5.92 Å². The van der Waals surface area contributed by atoms with Crippen LogP contribution in [0.3, 0.4) is 0 Å². The van der Waals surface area contributed by atoms with E-state index in [1.54, 1.807) is 29.2 Å². The van der Waals surface area contributed by atoms with Gasteiger partial charge >= 0.3 is 18.3 Å². The summed E-state index contributed by atoms with van der Waals surface area (Å²) in [5.41, 5.74) is 18.2. The van der Waals surface area contributed by atoms with E-state index >= 15 is 0 Å². The van der Waals surface area contributed by atoms with E-state index in [0.717, 1.165) is 11.1 Å². The van der Waals surface area contributed by atoms with Crippen LogP contribution in [0.25, 0.3) is 0 Å². The Kier molecular flexibility index (Phi) is 13.8. The van der Waals surface area contributed by atoms with Crippen LogP contribution in [0.2, 0.25) is 0 Å². The van der Waals surface area contributed by atoms with Crippen LogP contribution in [0.1, 0.15) is 42.9 Å². The lowest BCUT2D eigenvalue weighted by molar-refractivity contribution is -0.144. The molecule has 342 valence electrons. The molecule has 3 aromatic rings. The van der Waals surface area contributed by atoms with Crippen LogP contribution >= 0.6 is 0 Å². The van der Waals surface area contributed by atoms with Crippen LogP contribution in [0.15, 0.2) is 107 Å². The highest BCUT2D eigenvalue weighted by Crippen LogP contribution is 2.59. The number of anilines is 1. The number of primary amides is 1. The van der Waals surface area contributed by atoms with Crippen molar-refractivity contribution < 1.29 is 52.5 Å². The lowest BCUT2D eigenvalue weighted by Crippen LogP contribution is -2.56. The minimum atomic E-state index is -1.45. The van der Waals surface area contributed by atoms with Crippen molar-refractivity contribution in [3.63, 3.8) is 0 Å². The van der Waals surface area contributed by atoms with Gasteiger partial charge in [-0.15, -0.1) is 0 Å². The first-order valence-corrected chi connectivity index (χ1v) is 21.2. The third-order valence-electron chi connectivity index (χ3n) is 12.2. The molecule has 0 bridgehead atoms. The number of methoxy groups -OCH3 is 1. The van der Waals surface area contributed by atoms with Crippen LogP contribution in [0.5, 0.6) is 0 Å². The molecule has 0 radical (unpaired) electrons. The maximum atomic E-state index is 13.8. The van der Waals surface area contributed by atoms with Gasteiger partial charge < -0.3 is 57.0 Å². The Hall–Kier alpha value is -7.25. The fraction of sp³-hybridized carbons (Fsp3) is 0.370. The van der Waals surface area contributed by atoms with Crippen LogP contribution in [0.4, 0.5) is 20.1 Å². The average Bonchev–Trinajstić information content (AvgIpc) is 3.82. The molecule has 7 rings (SSSR count). The van der Waals surface area contributed by atoms with E-state index in [1.807, 2.05) is 60.7 Å². The maximum Gasteiger partial charge on any atom is 0.410 e. The van der Waals surface area contributed by atoms with E-state index in [2.05, 4.69) is 16.0 Å². The number of hydrogen-bond acceptors (Lipinski definition) is 14. The number of carbonyl (C=O) groups excluding carboxylic acids is 7. The predicted molar refractivity (Wildman–Crippen MR) is 233 cm³/mol. The normalized spacial score (nSPS) is 21.4. The Labute approximate surface area is 374 Å². The number of ether oxygens (including phenoxy) is 4. The summed E-state index contributed by atoms with van der Waals surface area (Å²) < 4.78 is 22.3. The van der Waals surface area contributed by atoms with E-state index in [-0.39, 0.29) is 55.1 Å². The van der Waals surface area contributed by atoms with Gasteiger partial charge in [-0.3, -0.25) is 24.1 Å². The van der Waals surface area contributed by atoms with Gasteiger partial charge in [-0.2, -0.15) is 0 Å². The summed E-state index contributed by atoms with van der Waals surface area (Å²) in [4.78, 5) is 95.7. The Morgan fingerprint density at radius 2 is 1.45 bits per heavy atom. The van der Waals surface area contributed by atoms with Gasteiger partial charge in [0, 0.05) is 36.9 Å². The average molecular weight is 893 g/mol. The lowest BCUT2D eigenvalue weighted by Gasteiger charge is -2.40. The van der Waals surface area contributed by atoms with Gasteiger partial charge in [-0.25, -0.2) is 14.4 Å². The van der Waals surface area contributed by atoms with E-state index in [1.165, 1.54) is 18.9 Å². The molecule has 2 fully saturated rings. The number of fused-ring (bicyclic) bond motifs is 4. The van der Waals surface area contributed by atoms with Gasteiger partial charge in [-0.05, 0) is 61.6 Å². The smallest absolute Gasteiger partial charge is 0.410 e. The number of alkyl carbamates (subject to hydrolysis) is 1. The summed E-state index contributed by atoms with van der Waals surface area (Å²) in [5.74, 6) is -3.11. The Bertz CT molecular complexity index is 2390.